The number of benzene rings is 1. The van der Waals surface area contributed by atoms with E-state index in [1.807, 2.05) is 13.0 Å². The zero-order valence-electron chi connectivity index (χ0n) is 11.9. The van der Waals surface area contributed by atoms with Crippen LogP contribution in [0.25, 0.3) is 0 Å². The van der Waals surface area contributed by atoms with Crippen LogP contribution in [0.4, 0.5) is 5.69 Å². The Bertz CT molecular complexity index is 496. The van der Waals surface area contributed by atoms with E-state index in [4.69, 9.17) is 4.74 Å². The first kappa shape index (κ1) is 14.7. The van der Waals surface area contributed by atoms with Crippen molar-refractivity contribution >= 4 is 17.4 Å². The molecule has 1 aromatic rings. The summed E-state index contributed by atoms with van der Waals surface area (Å²) in [4.78, 5) is 25.1. The Morgan fingerprint density at radius 1 is 1.25 bits per heavy atom. The topological polar surface area (TPSA) is 59.8 Å². The minimum atomic E-state index is -0.154. The van der Waals surface area contributed by atoms with Crippen LogP contribution in [0.3, 0.4) is 0 Å². The second-order valence-electron chi connectivity index (χ2n) is 5.08. The summed E-state index contributed by atoms with van der Waals surface area (Å²) in [5.41, 5.74) is 1.13. The monoisotopic (exact) mass is 277 g/mol. The predicted molar refractivity (Wildman–Crippen MR) is 76.1 cm³/mol. The molecule has 2 N–H and O–H groups in total. The minimum Gasteiger partial charge on any atom is -0.370 e. The second-order valence-corrected chi connectivity index (χ2v) is 5.08. The number of ether oxygens (including phenoxy) is 1. The van der Waals surface area contributed by atoms with Crippen LogP contribution in [0, 0.1) is 0 Å². The van der Waals surface area contributed by atoms with E-state index in [1.165, 1.54) is 11.8 Å². The number of carbonyl (C=O) groups excluding carboxylic acids is 2. The molecule has 1 aliphatic rings. The highest BCUT2D eigenvalue weighted by atomic mass is 16.5. The normalized spacial score (nSPS) is 17.5. The Balaban J connectivity index is 2.05. The fraction of sp³-hybridized carbons (Fsp3) is 0.467. The summed E-state index contributed by atoms with van der Waals surface area (Å²) in [6.45, 7) is 6.47. The molecule has 108 valence electrons. The highest BCUT2D eigenvalue weighted by Crippen LogP contribution is 2.15. The number of para-hydroxylation sites is 1. The number of quaternary nitrogens is 1. The number of morpholine rings is 1. The van der Waals surface area contributed by atoms with Gasteiger partial charge in [0.2, 0.25) is 0 Å². The molecule has 0 spiro atoms. The Labute approximate surface area is 118 Å². The largest absolute Gasteiger partial charge is 0.370 e. The van der Waals surface area contributed by atoms with Gasteiger partial charge in [-0.3, -0.25) is 9.59 Å². The molecule has 20 heavy (non-hydrogen) atoms. The first-order valence-corrected chi connectivity index (χ1v) is 6.92. The summed E-state index contributed by atoms with van der Waals surface area (Å²) in [5, 5.41) is 2.87. The number of hydrogen-bond donors (Lipinski definition) is 2. The molecular weight excluding hydrogens is 256 g/mol. The first-order chi connectivity index (χ1) is 9.59. The maximum atomic E-state index is 12.3. The van der Waals surface area contributed by atoms with Gasteiger partial charge in [-0.05, 0) is 26.0 Å². The summed E-state index contributed by atoms with van der Waals surface area (Å²) in [7, 11) is 0. The molecule has 2 rings (SSSR count). The molecule has 0 unspecified atom stereocenters. The Kier molecular flexibility index (Phi) is 4.87. The van der Waals surface area contributed by atoms with Crippen LogP contribution >= 0.6 is 0 Å². The summed E-state index contributed by atoms with van der Waals surface area (Å²) >= 11 is 0. The molecule has 1 saturated heterocycles. The van der Waals surface area contributed by atoms with Crippen molar-refractivity contribution in [3.63, 3.8) is 0 Å². The fourth-order valence-electron chi connectivity index (χ4n) is 2.39. The van der Waals surface area contributed by atoms with Crippen molar-refractivity contribution in [3.8, 4) is 0 Å². The average molecular weight is 277 g/mol. The van der Waals surface area contributed by atoms with E-state index in [2.05, 4.69) is 5.32 Å². The smallest absolute Gasteiger partial charge is 0.282 e. The predicted octanol–water partition coefficient (Wildman–Crippen LogP) is 0.131. The third-order valence-corrected chi connectivity index (χ3v) is 3.70. The van der Waals surface area contributed by atoms with Gasteiger partial charge in [0, 0.05) is 5.56 Å². The lowest BCUT2D eigenvalue weighted by molar-refractivity contribution is -0.921. The van der Waals surface area contributed by atoms with E-state index in [1.54, 1.807) is 18.2 Å². The molecule has 1 aliphatic heterocycles. The van der Waals surface area contributed by atoms with Gasteiger partial charge in [-0.15, -0.1) is 0 Å². The third-order valence-electron chi connectivity index (χ3n) is 3.70. The lowest BCUT2D eigenvalue weighted by Crippen LogP contribution is -3.18. The molecule has 1 heterocycles. The van der Waals surface area contributed by atoms with Crippen LogP contribution in [0.15, 0.2) is 24.3 Å². The van der Waals surface area contributed by atoms with E-state index in [-0.39, 0.29) is 17.7 Å². The molecular formula is C15H21N2O3+. The van der Waals surface area contributed by atoms with Gasteiger partial charge < -0.3 is 15.0 Å². The second kappa shape index (κ2) is 6.63. The zero-order chi connectivity index (χ0) is 14.5. The number of carbonyl (C=O) groups is 2. The number of nitrogens with one attached hydrogen (secondary N) is 2. The van der Waals surface area contributed by atoms with E-state index >= 15 is 0 Å². The van der Waals surface area contributed by atoms with Gasteiger partial charge in [0.15, 0.2) is 11.8 Å². The standard InChI is InChI=1S/C15H20N2O3/c1-11(17-7-9-20-10-8-17)15(19)16-14-6-4-3-5-13(14)12(2)18/h3-6,11H,7-10H2,1-2H3,(H,16,19)/p+1/t11-/m1/s1. The molecule has 1 atom stereocenters. The van der Waals surface area contributed by atoms with Crippen molar-refractivity contribution < 1.29 is 19.2 Å². The Morgan fingerprint density at radius 2 is 1.90 bits per heavy atom. The molecule has 0 radical (unpaired) electrons. The van der Waals surface area contributed by atoms with Gasteiger partial charge in [-0.1, -0.05) is 12.1 Å². The molecule has 0 saturated carbocycles. The summed E-state index contributed by atoms with van der Waals surface area (Å²) in [5.74, 6) is -0.108. The van der Waals surface area contributed by atoms with Crippen molar-refractivity contribution in [2.45, 2.75) is 19.9 Å². The van der Waals surface area contributed by atoms with Gasteiger partial charge in [-0.25, -0.2) is 0 Å². The SMILES string of the molecule is CC(=O)c1ccccc1NC(=O)[C@@H](C)[NH+]1CCOCC1. The molecule has 5 heteroatoms. The van der Waals surface area contributed by atoms with E-state index in [9.17, 15) is 9.59 Å². The van der Waals surface area contributed by atoms with Crippen molar-refractivity contribution in [1.82, 2.24) is 0 Å². The summed E-state index contributed by atoms with van der Waals surface area (Å²) in [6.07, 6.45) is 0. The van der Waals surface area contributed by atoms with Crippen LogP contribution < -0.4 is 10.2 Å². The number of ketones is 1. The van der Waals surface area contributed by atoms with Crippen LogP contribution in [-0.4, -0.2) is 44.0 Å². The quantitative estimate of drug-likeness (QED) is 0.769. The molecule has 1 fully saturated rings. The molecule has 0 aromatic heterocycles. The zero-order valence-corrected chi connectivity index (χ0v) is 11.9. The van der Waals surface area contributed by atoms with E-state index in [0.717, 1.165) is 13.1 Å². The van der Waals surface area contributed by atoms with Crippen LogP contribution in [0.1, 0.15) is 24.2 Å². The van der Waals surface area contributed by atoms with Crippen LogP contribution in [0.5, 0.6) is 0 Å². The Morgan fingerprint density at radius 3 is 2.55 bits per heavy atom. The maximum Gasteiger partial charge on any atom is 0.282 e. The summed E-state index contributed by atoms with van der Waals surface area (Å²) in [6, 6.07) is 6.94. The molecule has 1 amide bonds. The average Bonchev–Trinajstić information content (AvgIpc) is 2.47. The molecule has 0 aliphatic carbocycles. The highest BCUT2D eigenvalue weighted by Gasteiger charge is 2.27. The van der Waals surface area contributed by atoms with Crippen molar-refractivity contribution in [2.75, 3.05) is 31.6 Å². The molecule has 0 bridgehead atoms. The lowest BCUT2D eigenvalue weighted by atomic mass is 10.1. The third kappa shape index (κ3) is 3.43. The van der Waals surface area contributed by atoms with Crippen LogP contribution in [-0.2, 0) is 9.53 Å². The van der Waals surface area contributed by atoms with E-state index < -0.39 is 0 Å². The lowest BCUT2D eigenvalue weighted by Gasteiger charge is -2.28. The van der Waals surface area contributed by atoms with Gasteiger partial charge in [0.05, 0.1) is 18.9 Å². The minimum absolute atomic E-state index is 0.0488. The van der Waals surface area contributed by atoms with Crippen molar-refractivity contribution in [3.05, 3.63) is 29.8 Å². The van der Waals surface area contributed by atoms with Gasteiger partial charge in [0.1, 0.15) is 13.1 Å². The highest BCUT2D eigenvalue weighted by molar-refractivity contribution is 6.04. The summed E-state index contributed by atoms with van der Waals surface area (Å²) < 4.78 is 5.30. The van der Waals surface area contributed by atoms with Crippen molar-refractivity contribution in [1.29, 1.82) is 0 Å². The number of amides is 1. The number of anilines is 1. The van der Waals surface area contributed by atoms with Crippen molar-refractivity contribution in [2.24, 2.45) is 0 Å². The van der Waals surface area contributed by atoms with Gasteiger partial charge in [-0.2, -0.15) is 0 Å². The van der Waals surface area contributed by atoms with Crippen LogP contribution in [0.2, 0.25) is 0 Å². The number of hydrogen-bond acceptors (Lipinski definition) is 3. The first-order valence-electron chi connectivity index (χ1n) is 6.92. The maximum absolute atomic E-state index is 12.3. The molecule has 1 aromatic carbocycles. The molecule has 5 nitrogen and oxygen atoms in total. The van der Waals surface area contributed by atoms with E-state index in [0.29, 0.717) is 24.5 Å². The fourth-order valence-corrected chi connectivity index (χ4v) is 2.39. The number of rotatable bonds is 4. The number of Topliss-reactive ketones (excluding diaryl/α,β-unsaturated/α-hetero) is 1. The van der Waals surface area contributed by atoms with Gasteiger partial charge >= 0.3 is 0 Å². The van der Waals surface area contributed by atoms with Gasteiger partial charge in [0.25, 0.3) is 5.91 Å². The Hall–Kier alpha value is -1.72.